The van der Waals surface area contributed by atoms with E-state index in [2.05, 4.69) is 20.6 Å². The van der Waals surface area contributed by atoms with E-state index in [1.165, 1.54) is 18.7 Å². The lowest BCUT2D eigenvalue weighted by molar-refractivity contribution is 0.251. The molecule has 1 aromatic carbocycles. The summed E-state index contributed by atoms with van der Waals surface area (Å²) < 4.78 is 0. The highest BCUT2D eigenvalue weighted by atomic mass is 16.2. The summed E-state index contributed by atoms with van der Waals surface area (Å²) in [6, 6.07) is 9.42. The zero-order valence-corrected chi connectivity index (χ0v) is 9.13. The fraction of sp³-hybridized carbons (Fsp3) is 0.0833. The first kappa shape index (κ1) is 11.1. The molecule has 0 aliphatic carbocycles. The molecule has 1 aromatic heterocycles. The van der Waals surface area contributed by atoms with E-state index >= 15 is 0 Å². The Hall–Kier alpha value is -2.43. The number of anilines is 1. The Bertz CT molecular complexity index is 472. The van der Waals surface area contributed by atoms with Crippen molar-refractivity contribution in [3.8, 4) is 0 Å². The van der Waals surface area contributed by atoms with Gasteiger partial charge in [-0.1, -0.05) is 30.3 Å². The molecule has 0 aliphatic rings. The van der Waals surface area contributed by atoms with Crippen molar-refractivity contribution in [3.63, 3.8) is 0 Å². The molecule has 5 nitrogen and oxygen atoms in total. The summed E-state index contributed by atoms with van der Waals surface area (Å²) in [6.45, 7) is 0.486. The maximum atomic E-state index is 11.5. The third-order valence-electron chi connectivity index (χ3n) is 2.11. The molecule has 0 fully saturated rings. The van der Waals surface area contributed by atoms with E-state index in [1.807, 2.05) is 30.3 Å². The van der Waals surface area contributed by atoms with Gasteiger partial charge in [-0.05, 0) is 5.56 Å². The minimum atomic E-state index is -0.274. The van der Waals surface area contributed by atoms with E-state index < -0.39 is 0 Å². The number of carbonyl (C=O) groups excluding carboxylic acids is 1. The van der Waals surface area contributed by atoms with Crippen LogP contribution in [0.25, 0.3) is 0 Å². The molecule has 0 saturated carbocycles. The first-order valence-corrected chi connectivity index (χ1v) is 5.18. The number of hydrogen-bond donors (Lipinski definition) is 2. The van der Waals surface area contributed by atoms with Gasteiger partial charge in [0.1, 0.15) is 6.33 Å². The van der Waals surface area contributed by atoms with Gasteiger partial charge in [0.2, 0.25) is 0 Å². The maximum absolute atomic E-state index is 11.5. The molecule has 86 valence electrons. The van der Waals surface area contributed by atoms with Gasteiger partial charge in [0.15, 0.2) is 0 Å². The van der Waals surface area contributed by atoms with E-state index in [1.54, 1.807) is 0 Å². The van der Waals surface area contributed by atoms with Gasteiger partial charge in [-0.2, -0.15) is 0 Å². The molecule has 0 aliphatic heterocycles. The van der Waals surface area contributed by atoms with E-state index in [-0.39, 0.29) is 6.03 Å². The molecule has 0 bridgehead atoms. The van der Waals surface area contributed by atoms with Crippen LogP contribution >= 0.6 is 0 Å². The van der Waals surface area contributed by atoms with Crippen LogP contribution in [-0.4, -0.2) is 16.0 Å². The molecule has 0 unspecified atom stereocenters. The first-order chi connectivity index (χ1) is 8.34. The third kappa shape index (κ3) is 3.57. The third-order valence-corrected chi connectivity index (χ3v) is 2.11. The van der Waals surface area contributed by atoms with Crippen molar-refractivity contribution in [2.24, 2.45) is 0 Å². The van der Waals surface area contributed by atoms with Crippen LogP contribution in [0.15, 0.2) is 49.1 Å². The van der Waals surface area contributed by atoms with Crippen LogP contribution in [0.4, 0.5) is 10.5 Å². The SMILES string of the molecule is O=C(NCc1ccccc1)Nc1cncnc1. The van der Waals surface area contributed by atoms with Crippen molar-refractivity contribution >= 4 is 11.7 Å². The molecule has 1 heterocycles. The van der Waals surface area contributed by atoms with Crippen LogP contribution in [-0.2, 0) is 6.54 Å². The number of amides is 2. The Labute approximate surface area is 98.9 Å². The largest absolute Gasteiger partial charge is 0.334 e. The number of carbonyl (C=O) groups is 1. The molecule has 0 atom stereocenters. The van der Waals surface area contributed by atoms with E-state index in [0.29, 0.717) is 12.2 Å². The quantitative estimate of drug-likeness (QED) is 0.841. The Balaban J connectivity index is 1.83. The predicted octanol–water partition coefficient (Wildman–Crippen LogP) is 1.80. The highest BCUT2D eigenvalue weighted by Gasteiger charge is 2.01. The van der Waals surface area contributed by atoms with Gasteiger partial charge >= 0.3 is 6.03 Å². The Morgan fingerprint density at radius 3 is 2.53 bits per heavy atom. The van der Waals surface area contributed by atoms with Crippen LogP contribution in [0.1, 0.15) is 5.56 Å². The molecule has 2 N–H and O–H groups in total. The average Bonchev–Trinajstić information content (AvgIpc) is 2.39. The molecule has 2 aromatic rings. The lowest BCUT2D eigenvalue weighted by atomic mass is 10.2. The van der Waals surface area contributed by atoms with Crippen molar-refractivity contribution in [2.45, 2.75) is 6.54 Å². The van der Waals surface area contributed by atoms with Gasteiger partial charge < -0.3 is 10.6 Å². The van der Waals surface area contributed by atoms with Crippen molar-refractivity contribution in [1.82, 2.24) is 15.3 Å². The van der Waals surface area contributed by atoms with Crippen molar-refractivity contribution in [2.75, 3.05) is 5.32 Å². The fourth-order valence-corrected chi connectivity index (χ4v) is 1.32. The van der Waals surface area contributed by atoms with Crippen LogP contribution in [0.5, 0.6) is 0 Å². The molecule has 0 radical (unpaired) electrons. The lowest BCUT2D eigenvalue weighted by Crippen LogP contribution is -2.28. The molecular weight excluding hydrogens is 216 g/mol. The van der Waals surface area contributed by atoms with Gasteiger partial charge in [-0.3, -0.25) is 0 Å². The Kier molecular flexibility index (Phi) is 3.64. The molecular formula is C12H12N4O. The first-order valence-electron chi connectivity index (χ1n) is 5.18. The summed E-state index contributed by atoms with van der Waals surface area (Å²) in [5, 5.41) is 5.38. The number of nitrogens with zero attached hydrogens (tertiary/aromatic N) is 2. The number of benzene rings is 1. The van der Waals surface area contributed by atoms with Gasteiger partial charge in [0.05, 0.1) is 18.1 Å². The second kappa shape index (κ2) is 5.60. The minimum absolute atomic E-state index is 0.274. The number of urea groups is 1. The van der Waals surface area contributed by atoms with E-state index in [0.717, 1.165) is 5.56 Å². The number of hydrogen-bond acceptors (Lipinski definition) is 3. The lowest BCUT2D eigenvalue weighted by Gasteiger charge is -2.06. The van der Waals surface area contributed by atoms with Crippen molar-refractivity contribution in [3.05, 3.63) is 54.6 Å². The topological polar surface area (TPSA) is 66.9 Å². The molecule has 0 spiro atoms. The van der Waals surface area contributed by atoms with E-state index in [4.69, 9.17) is 0 Å². The molecule has 2 rings (SSSR count). The highest BCUT2D eigenvalue weighted by Crippen LogP contribution is 2.00. The highest BCUT2D eigenvalue weighted by molar-refractivity contribution is 5.88. The van der Waals surface area contributed by atoms with Crippen molar-refractivity contribution in [1.29, 1.82) is 0 Å². The van der Waals surface area contributed by atoms with Crippen molar-refractivity contribution < 1.29 is 4.79 Å². The van der Waals surface area contributed by atoms with Gasteiger partial charge in [0, 0.05) is 6.54 Å². The van der Waals surface area contributed by atoms with Crippen LogP contribution in [0.2, 0.25) is 0 Å². The number of aromatic nitrogens is 2. The summed E-state index contributed by atoms with van der Waals surface area (Å²) in [5.74, 6) is 0. The zero-order valence-electron chi connectivity index (χ0n) is 9.13. The molecule has 2 amide bonds. The summed E-state index contributed by atoms with van der Waals surface area (Å²) in [7, 11) is 0. The summed E-state index contributed by atoms with van der Waals surface area (Å²) in [6.07, 6.45) is 4.48. The summed E-state index contributed by atoms with van der Waals surface area (Å²) >= 11 is 0. The molecule has 5 heteroatoms. The summed E-state index contributed by atoms with van der Waals surface area (Å²) in [5.41, 5.74) is 1.62. The molecule has 17 heavy (non-hydrogen) atoms. The van der Waals surface area contributed by atoms with Crippen LogP contribution in [0.3, 0.4) is 0 Å². The fourth-order valence-electron chi connectivity index (χ4n) is 1.32. The standard InChI is InChI=1S/C12H12N4O/c17-12(16-11-7-13-9-14-8-11)15-6-10-4-2-1-3-5-10/h1-5,7-9H,6H2,(H2,15,16,17). The van der Waals surface area contributed by atoms with Crippen LogP contribution in [0, 0.1) is 0 Å². The normalized spacial score (nSPS) is 9.65. The maximum Gasteiger partial charge on any atom is 0.319 e. The minimum Gasteiger partial charge on any atom is -0.334 e. The number of rotatable bonds is 3. The van der Waals surface area contributed by atoms with Gasteiger partial charge in [-0.15, -0.1) is 0 Å². The monoisotopic (exact) mass is 228 g/mol. The average molecular weight is 228 g/mol. The van der Waals surface area contributed by atoms with E-state index in [9.17, 15) is 4.79 Å². The van der Waals surface area contributed by atoms with Gasteiger partial charge in [-0.25, -0.2) is 14.8 Å². The zero-order chi connectivity index (χ0) is 11.9. The second-order valence-corrected chi connectivity index (χ2v) is 3.42. The molecule has 0 saturated heterocycles. The second-order valence-electron chi connectivity index (χ2n) is 3.42. The van der Waals surface area contributed by atoms with Crippen LogP contribution < -0.4 is 10.6 Å². The smallest absolute Gasteiger partial charge is 0.319 e. The number of nitrogens with one attached hydrogen (secondary N) is 2. The summed E-state index contributed by atoms with van der Waals surface area (Å²) in [4.78, 5) is 19.1. The Morgan fingerprint density at radius 2 is 1.82 bits per heavy atom. The predicted molar refractivity (Wildman–Crippen MR) is 64.3 cm³/mol. The van der Waals surface area contributed by atoms with Gasteiger partial charge in [0.25, 0.3) is 0 Å². The Morgan fingerprint density at radius 1 is 1.12 bits per heavy atom.